The van der Waals surface area contributed by atoms with E-state index < -0.39 is 5.54 Å². The van der Waals surface area contributed by atoms with Crippen molar-refractivity contribution in [2.45, 2.75) is 32.9 Å². The lowest BCUT2D eigenvalue weighted by Gasteiger charge is -2.22. The van der Waals surface area contributed by atoms with E-state index >= 15 is 0 Å². The van der Waals surface area contributed by atoms with E-state index in [2.05, 4.69) is 16.5 Å². The van der Waals surface area contributed by atoms with Gasteiger partial charge in [-0.3, -0.25) is 10.00 Å². The quantitative estimate of drug-likeness (QED) is 0.776. The van der Waals surface area contributed by atoms with Gasteiger partial charge in [0.15, 0.2) is 0 Å². The predicted molar refractivity (Wildman–Crippen MR) is 54.7 cm³/mol. The van der Waals surface area contributed by atoms with Gasteiger partial charge in [-0.25, -0.2) is 0 Å². The minimum Gasteiger partial charge on any atom is -0.298 e. The predicted octanol–water partition coefficient (Wildman–Crippen LogP) is 1.08. The summed E-state index contributed by atoms with van der Waals surface area (Å²) in [5.74, 6) is 0. The highest BCUT2D eigenvalue weighted by molar-refractivity contribution is 5.06. The fourth-order valence-corrected chi connectivity index (χ4v) is 1.38. The fraction of sp³-hybridized carbons (Fsp3) is 0.600. The smallest absolute Gasteiger partial charge is 0.123 e. The number of hydrogen-bond acceptors (Lipinski definition) is 3. The maximum atomic E-state index is 9.05. The molecule has 0 aromatic carbocycles. The summed E-state index contributed by atoms with van der Waals surface area (Å²) in [6.07, 6.45) is 1.75. The fourth-order valence-electron chi connectivity index (χ4n) is 1.38. The molecule has 0 saturated carbocycles. The van der Waals surface area contributed by atoms with Gasteiger partial charge in [-0.1, -0.05) is 6.92 Å². The Morgan fingerprint density at radius 1 is 1.71 bits per heavy atom. The number of aryl methyl sites for hydroxylation is 1. The van der Waals surface area contributed by atoms with Crippen LogP contribution >= 0.6 is 0 Å². The van der Waals surface area contributed by atoms with Crippen molar-refractivity contribution in [3.05, 3.63) is 18.0 Å². The van der Waals surface area contributed by atoms with Crippen LogP contribution in [0.5, 0.6) is 0 Å². The Morgan fingerprint density at radius 3 is 2.86 bits per heavy atom. The third kappa shape index (κ3) is 2.33. The van der Waals surface area contributed by atoms with Crippen molar-refractivity contribution >= 4 is 0 Å². The van der Waals surface area contributed by atoms with Gasteiger partial charge in [-0.05, 0) is 26.5 Å². The molecule has 76 valence electrons. The van der Waals surface area contributed by atoms with Crippen LogP contribution in [-0.4, -0.2) is 21.9 Å². The standard InChI is InChI=1S/C10H16N4/c1-4-12-10(3,7-11)8-14-9(2)5-6-13-14/h5-6,12H,4,8H2,1-3H3. The van der Waals surface area contributed by atoms with E-state index in [1.807, 2.05) is 31.5 Å². The minimum absolute atomic E-state index is 0.536. The number of rotatable bonds is 4. The largest absolute Gasteiger partial charge is 0.298 e. The van der Waals surface area contributed by atoms with Crippen molar-refractivity contribution < 1.29 is 0 Å². The van der Waals surface area contributed by atoms with Crippen molar-refractivity contribution in [1.82, 2.24) is 15.1 Å². The van der Waals surface area contributed by atoms with Gasteiger partial charge < -0.3 is 0 Å². The molecule has 1 rings (SSSR count). The van der Waals surface area contributed by atoms with Crippen LogP contribution in [0.25, 0.3) is 0 Å². The second-order valence-electron chi connectivity index (χ2n) is 3.60. The first kappa shape index (κ1) is 10.7. The van der Waals surface area contributed by atoms with Crippen LogP contribution in [0.2, 0.25) is 0 Å². The average molecular weight is 192 g/mol. The molecule has 14 heavy (non-hydrogen) atoms. The SMILES string of the molecule is CCNC(C)(C#N)Cn1nccc1C. The highest BCUT2D eigenvalue weighted by Gasteiger charge is 2.23. The Hall–Kier alpha value is -1.34. The molecule has 4 nitrogen and oxygen atoms in total. The van der Waals surface area contributed by atoms with Crippen molar-refractivity contribution in [3.8, 4) is 6.07 Å². The van der Waals surface area contributed by atoms with Gasteiger partial charge in [0.25, 0.3) is 0 Å². The summed E-state index contributed by atoms with van der Waals surface area (Å²) in [6, 6.07) is 4.21. The van der Waals surface area contributed by atoms with Gasteiger partial charge in [0.05, 0.1) is 12.6 Å². The number of nitrogens with one attached hydrogen (secondary N) is 1. The van der Waals surface area contributed by atoms with E-state index in [9.17, 15) is 0 Å². The van der Waals surface area contributed by atoms with Gasteiger partial charge in [0.2, 0.25) is 0 Å². The first-order valence-corrected chi connectivity index (χ1v) is 4.76. The molecule has 0 radical (unpaired) electrons. The summed E-state index contributed by atoms with van der Waals surface area (Å²) in [5.41, 5.74) is 0.537. The first-order chi connectivity index (χ1) is 6.61. The molecule has 0 aliphatic rings. The Kier molecular flexibility index (Phi) is 3.26. The molecule has 1 atom stereocenters. The van der Waals surface area contributed by atoms with Crippen molar-refractivity contribution in [1.29, 1.82) is 5.26 Å². The van der Waals surface area contributed by atoms with Crippen LogP contribution in [0.4, 0.5) is 0 Å². The molecule has 0 spiro atoms. The summed E-state index contributed by atoms with van der Waals surface area (Å²) < 4.78 is 1.84. The second kappa shape index (κ2) is 4.25. The first-order valence-electron chi connectivity index (χ1n) is 4.76. The lowest BCUT2D eigenvalue weighted by Crippen LogP contribution is -2.44. The van der Waals surface area contributed by atoms with Crippen molar-refractivity contribution in [2.24, 2.45) is 0 Å². The molecular weight excluding hydrogens is 176 g/mol. The maximum absolute atomic E-state index is 9.05. The number of nitrogens with zero attached hydrogens (tertiary/aromatic N) is 3. The molecule has 0 aliphatic carbocycles. The van der Waals surface area contributed by atoms with Crippen molar-refractivity contribution in [2.75, 3.05) is 6.54 Å². The van der Waals surface area contributed by atoms with Crippen LogP contribution in [0, 0.1) is 18.3 Å². The Labute approximate surface area is 84.5 Å². The van der Waals surface area contributed by atoms with Gasteiger partial charge in [0, 0.05) is 11.9 Å². The van der Waals surface area contributed by atoms with Crippen LogP contribution in [0.15, 0.2) is 12.3 Å². The van der Waals surface area contributed by atoms with Gasteiger partial charge in [-0.15, -0.1) is 0 Å². The molecule has 1 unspecified atom stereocenters. The van der Waals surface area contributed by atoms with Crippen LogP contribution in [-0.2, 0) is 6.54 Å². The zero-order valence-corrected chi connectivity index (χ0v) is 8.91. The summed E-state index contributed by atoms with van der Waals surface area (Å²) in [6.45, 7) is 7.22. The molecule has 0 bridgehead atoms. The van der Waals surface area contributed by atoms with E-state index in [1.54, 1.807) is 6.20 Å². The van der Waals surface area contributed by atoms with E-state index in [0.717, 1.165) is 12.2 Å². The highest BCUT2D eigenvalue weighted by Crippen LogP contribution is 2.07. The molecule has 0 saturated heterocycles. The van der Waals surface area contributed by atoms with Crippen LogP contribution < -0.4 is 5.32 Å². The number of aromatic nitrogens is 2. The van der Waals surface area contributed by atoms with Gasteiger partial charge in [-0.2, -0.15) is 10.4 Å². The van der Waals surface area contributed by atoms with E-state index in [-0.39, 0.29) is 0 Å². The molecule has 1 heterocycles. The zero-order chi connectivity index (χ0) is 10.6. The molecular formula is C10H16N4. The van der Waals surface area contributed by atoms with Gasteiger partial charge in [0.1, 0.15) is 5.54 Å². The molecule has 1 N–H and O–H groups in total. The Morgan fingerprint density at radius 2 is 2.43 bits per heavy atom. The monoisotopic (exact) mass is 192 g/mol. The molecule has 0 amide bonds. The molecule has 1 aromatic heterocycles. The lowest BCUT2D eigenvalue weighted by molar-refractivity contribution is 0.374. The Bertz CT molecular complexity index is 336. The highest BCUT2D eigenvalue weighted by atomic mass is 15.3. The zero-order valence-electron chi connectivity index (χ0n) is 8.91. The average Bonchev–Trinajstić information content (AvgIpc) is 2.52. The maximum Gasteiger partial charge on any atom is 0.123 e. The number of nitriles is 1. The van der Waals surface area contributed by atoms with E-state index in [0.29, 0.717) is 6.54 Å². The molecule has 1 aromatic rings. The normalized spacial score (nSPS) is 14.7. The Balaban J connectivity index is 2.76. The molecule has 0 fully saturated rings. The summed E-state index contributed by atoms with van der Waals surface area (Å²) in [7, 11) is 0. The topological polar surface area (TPSA) is 53.6 Å². The molecule has 4 heteroatoms. The third-order valence-corrected chi connectivity index (χ3v) is 2.21. The number of hydrogen-bond donors (Lipinski definition) is 1. The minimum atomic E-state index is -0.536. The summed E-state index contributed by atoms with van der Waals surface area (Å²) in [4.78, 5) is 0. The molecule has 0 aliphatic heterocycles. The summed E-state index contributed by atoms with van der Waals surface area (Å²) >= 11 is 0. The third-order valence-electron chi connectivity index (χ3n) is 2.21. The second-order valence-corrected chi connectivity index (χ2v) is 3.60. The lowest BCUT2D eigenvalue weighted by atomic mass is 10.1. The summed E-state index contributed by atoms with van der Waals surface area (Å²) in [5, 5.41) is 16.4. The van der Waals surface area contributed by atoms with Crippen LogP contribution in [0.3, 0.4) is 0 Å². The van der Waals surface area contributed by atoms with E-state index in [4.69, 9.17) is 5.26 Å². The van der Waals surface area contributed by atoms with Gasteiger partial charge >= 0.3 is 0 Å². The van der Waals surface area contributed by atoms with Crippen LogP contribution in [0.1, 0.15) is 19.5 Å². The van der Waals surface area contributed by atoms with E-state index in [1.165, 1.54) is 0 Å². The van der Waals surface area contributed by atoms with Crippen molar-refractivity contribution in [3.63, 3.8) is 0 Å². The number of likely N-dealkylation sites (N-methyl/N-ethyl adjacent to an activating group) is 1.